The van der Waals surface area contributed by atoms with Crippen molar-refractivity contribution in [3.63, 3.8) is 0 Å². The highest BCUT2D eigenvalue weighted by molar-refractivity contribution is 7.98. The molecule has 0 saturated heterocycles. The van der Waals surface area contributed by atoms with Crippen LogP contribution in [0.15, 0.2) is 29.2 Å². The molecule has 0 bridgehead atoms. The quantitative estimate of drug-likeness (QED) is 0.519. The van der Waals surface area contributed by atoms with Crippen molar-refractivity contribution in [3.05, 3.63) is 24.3 Å². The Balaban J connectivity index is 3.14. The maximum absolute atomic E-state index is 11.6. The Morgan fingerprint density at radius 2 is 1.92 bits per heavy atom. The van der Waals surface area contributed by atoms with E-state index in [9.17, 15) is 4.21 Å². The standard InChI is InChI=1S/C8H12N2OS/c1-10-12(2,11)8-5-3-7(9)4-6-8/h3-6H,2,9H2,1H3,(H,10,11). The van der Waals surface area contributed by atoms with Gasteiger partial charge in [0.15, 0.2) is 0 Å². The van der Waals surface area contributed by atoms with Crippen molar-refractivity contribution < 1.29 is 4.21 Å². The molecular weight excluding hydrogens is 172 g/mol. The summed E-state index contributed by atoms with van der Waals surface area (Å²) in [4.78, 5) is 0.666. The van der Waals surface area contributed by atoms with E-state index in [1.807, 2.05) is 0 Å². The summed E-state index contributed by atoms with van der Waals surface area (Å²) in [5, 5.41) is 0. The molecule has 0 saturated carbocycles. The summed E-state index contributed by atoms with van der Waals surface area (Å²) in [7, 11) is -0.704. The summed E-state index contributed by atoms with van der Waals surface area (Å²) < 4.78 is 14.3. The topological polar surface area (TPSA) is 55.1 Å². The minimum absolute atomic E-state index is 0.657. The average Bonchev–Trinajstić information content (AvgIpc) is 2.05. The van der Waals surface area contributed by atoms with E-state index in [1.54, 1.807) is 31.3 Å². The summed E-state index contributed by atoms with van der Waals surface area (Å²) in [6.45, 7) is 0. The Morgan fingerprint density at radius 3 is 2.33 bits per heavy atom. The van der Waals surface area contributed by atoms with Gasteiger partial charge >= 0.3 is 0 Å². The zero-order valence-electron chi connectivity index (χ0n) is 6.91. The third kappa shape index (κ3) is 1.78. The fourth-order valence-electron chi connectivity index (χ4n) is 0.806. The molecule has 3 N–H and O–H groups in total. The van der Waals surface area contributed by atoms with Gasteiger partial charge in [0.2, 0.25) is 0 Å². The second-order valence-electron chi connectivity index (χ2n) is 2.45. The van der Waals surface area contributed by atoms with Gasteiger partial charge in [0, 0.05) is 10.6 Å². The lowest BCUT2D eigenvalue weighted by atomic mass is 10.3. The Labute approximate surface area is 72.7 Å². The smallest absolute Gasteiger partial charge is 0.0530 e. The predicted octanol–water partition coefficient (Wildman–Crippen LogP) is 0.478. The number of nitrogen functional groups attached to an aromatic ring is 1. The molecule has 0 amide bonds. The van der Waals surface area contributed by atoms with Gasteiger partial charge in [0.1, 0.15) is 0 Å². The molecule has 0 aliphatic carbocycles. The highest BCUT2D eigenvalue weighted by atomic mass is 32.2. The zero-order chi connectivity index (χ0) is 9.19. The van der Waals surface area contributed by atoms with Gasteiger partial charge in [0.05, 0.1) is 9.71 Å². The first kappa shape index (κ1) is 9.09. The first-order valence-electron chi connectivity index (χ1n) is 3.47. The lowest BCUT2D eigenvalue weighted by Crippen LogP contribution is -2.18. The largest absolute Gasteiger partial charge is 0.399 e. The molecule has 1 unspecified atom stereocenters. The first-order valence-corrected chi connectivity index (χ1v) is 5.20. The molecule has 0 radical (unpaired) electrons. The van der Waals surface area contributed by atoms with E-state index in [2.05, 4.69) is 10.6 Å². The van der Waals surface area contributed by atoms with Crippen LogP contribution in [0, 0.1) is 0 Å². The van der Waals surface area contributed by atoms with E-state index < -0.39 is 9.71 Å². The van der Waals surface area contributed by atoms with Crippen LogP contribution in [0.2, 0.25) is 0 Å². The van der Waals surface area contributed by atoms with Crippen molar-refractivity contribution in [2.45, 2.75) is 4.90 Å². The maximum Gasteiger partial charge on any atom is 0.0530 e. The van der Waals surface area contributed by atoms with Gasteiger partial charge in [-0.3, -0.25) is 0 Å². The van der Waals surface area contributed by atoms with E-state index in [0.29, 0.717) is 10.6 Å². The zero-order valence-corrected chi connectivity index (χ0v) is 7.73. The Hall–Kier alpha value is -1.00. The number of hydrogen-bond acceptors (Lipinski definition) is 2. The van der Waals surface area contributed by atoms with Crippen molar-refractivity contribution in [3.8, 4) is 0 Å². The monoisotopic (exact) mass is 184 g/mol. The van der Waals surface area contributed by atoms with Gasteiger partial charge < -0.3 is 5.73 Å². The molecule has 0 aliphatic heterocycles. The molecule has 0 fully saturated rings. The Kier molecular flexibility index (Phi) is 2.40. The van der Waals surface area contributed by atoms with Crippen LogP contribution >= 0.6 is 0 Å². The van der Waals surface area contributed by atoms with Gasteiger partial charge in [-0.15, -0.1) is 0 Å². The summed E-state index contributed by atoms with van der Waals surface area (Å²) in [5.41, 5.74) is 6.14. The molecule has 1 atom stereocenters. The van der Waals surface area contributed by atoms with Gasteiger partial charge in [-0.05, 0) is 37.2 Å². The molecule has 0 aromatic heterocycles. The van der Waals surface area contributed by atoms with Crippen molar-refractivity contribution >= 4 is 21.3 Å². The summed E-state index contributed by atoms with van der Waals surface area (Å²) >= 11 is 0. The average molecular weight is 184 g/mol. The highest BCUT2D eigenvalue weighted by Crippen LogP contribution is 2.10. The van der Waals surface area contributed by atoms with E-state index in [0.717, 1.165) is 0 Å². The van der Waals surface area contributed by atoms with Gasteiger partial charge in [-0.1, -0.05) is 0 Å². The van der Waals surface area contributed by atoms with Crippen LogP contribution in [0.1, 0.15) is 0 Å². The summed E-state index contributed by atoms with van der Waals surface area (Å²) in [6, 6.07) is 6.83. The van der Waals surface area contributed by atoms with E-state index in [1.165, 1.54) is 0 Å². The van der Waals surface area contributed by atoms with Gasteiger partial charge in [-0.25, -0.2) is 8.93 Å². The third-order valence-electron chi connectivity index (χ3n) is 1.59. The van der Waals surface area contributed by atoms with Crippen molar-refractivity contribution in [2.24, 2.45) is 0 Å². The maximum atomic E-state index is 11.6. The minimum Gasteiger partial charge on any atom is -0.399 e. The number of nitrogens with two attached hydrogens (primary N) is 1. The molecule has 0 aliphatic rings. The number of rotatable bonds is 2. The fourth-order valence-corrected chi connectivity index (χ4v) is 1.62. The predicted molar refractivity (Wildman–Crippen MR) is 53.4 cm³/mol. The van der Waals surface area contributed by atoms with E-state index in [-0.39, 0.29) is 0 Å². The van der Waals surface area contributed by atoms with E-state index in [4.69, 9.17) is 5.73 Å². The lowest BCUT2D eigenvalue weighted by Gasteiger charge is -2.06. The van der Waals surface area contributed by atoms with Crippen LogP contribution in [0.25, 0.3) is 0 Å². The molecule has 66 valence electrons. The van der Waals surface area contributed by atoms with Crippen molar-refractivity contribution in [1.82, 2.24) is 4.72 Å². The molecular formula is C8H12N2OS. The third-order valence-corrected chi connectivity index (χ3v) is 3.28. The first-order chi connectivity index (χ1) is 5.56. The van der Waals surface area contributed by atoms with Crippen LogP contribution in [0.4, 0.5) is 5.69 Å². The van der Waals surface area contributed by atoms with Crippen LogP contribution in [0.3, 0.4) is 0 Å². The molecule has 0 spiro atoms. The lowest BCUT2D eigenvalue weighted by molar-refractivity contribution is 0.676. The number of hydrogen-bond donors (Lipinski definition) is 2. The molecule has 3 nitrogen and oxygen atoms in total. The molecule has 1 aromatic carbocycles. The SMILES string of the molecule is C=S(=O)(NC)c1ccc(N)cc1. The molecule has 1 rings (SSSR count). The summed E-state index contributed by atoms with van der Waals surface area (Å²) in [6.07, 6.45) is 0. The van der Waals surface area contributed by atoms with Gasteiger partial charge in [-0.2, -0.15) is 0 Å². The number of benzene rings is 1. The Bertz CT molecular complexity index is 353. The molecule has 0 heterocycles. The van der Waals surface area contributed by atoms with Gasteiger partial charge in [0.25, 0.3) is 0 Å². The summed E-state index contributed by atoms with van der Waals surface area (Å²) in [5.74, 6) is 3.56. The number of anilines is 1. The van der Waals surface area contributed by atoms with Crippen LogP contribution in [-0.4, -0.2) is 17.1 Å². The molecule has 12 heavy (non-hydrogen) atoms. The van der Waals surface area contributed by atoms with Crippen molar-refractivity contribution in [1.29, 1.82) is 0 Å². The minimum atomic E-state index is -2.32. The molecule has 4 heteroatoms. The second-order valence-corrected chi connectivity index (χ2v) is 4.68. The molecule has 1 aromatic rings. The highest BCUT2D eigenvalue weighted by Gasteiger charge is 2.02. The normalized spacial score (nSPS) is 15.4. The van der Waals surface area contributed by atoms with Crippen LogP contribution < -0.4 is 10.5 Å². The fraction of sp³-hybridized carbons (Fsp3) is 0.125. The Morgan fingerprint density at radius 1 is 1.42 bits per heavy atom. The van der Waals surface area contributed by atoms with Crippen LogP contribution in [0.5, 0.6) is 0 Å². The van der Waals surface area contributed by atoms with Crippen molar-refractivity contribution in [2.75, 3.05) is 12.8 Å². The van der Waals surface area contributed by atoms with Crippen LogP contribution in [-0.2, 0) is 9.71 Å². The second kappa shape index (κ2) is 3.16. The number of nitrogens with one attached hydrogen (secondary N) is 1. The van der Waals surface area contributed by atoms with E-state index >= 15 is 0 Å².